The Labute approximate surface area is 157 Å². The number of amides is 1. The lowest BCUT2D eigenvalue weighted by atomic mass is 10.1. The van der Waals surface area contributed by atoms with Crippen LogP contribution in [0.5, 0.6) is 0 Å². The van der Waals surface area contributed by atoms with Gasteiger partial charge in [0.1, 0.15) is 5.00 Å². The molecule has 2 heterocycles. The predicted molar refractivity (Wildman–Crippen MR) is 103 cm³/mol. The lowest BCUT2D eigenvalue weighted by molar-refractivity contribution is -0.117. The summed E-state index contributed by atoms with van der Waals surface area (Å²) in [6.45, 7) is 9.55. The van der Waals surface area contributed by atoms with E-state index >= 15 is 0 Å². The standard InChI is InChI=1S/C18H26N4O3S/c1-6-22-10-14(8-19-22)9-21(5)11-15(23)20-17-16(18(24)25-7-2)12(3)13(4)26-17/h8,10H,6-7,9,11H2,1-5H3,(H,20,23). The summed E-state index contributed by atoms with van der Waals surface area (Å²) in [7, 11) is 1.88. The molecular formula is C18H26N4O3S. The molecular weight excluding hydrogens is 352 g/mol. The molecule has 2 aromatic rings. The summed E-state index contributed by atoms with van der Waals surface area (Å²) in [6.07, 6.45) is 3.78. The number of ether oxygens (including phenoxy) is 1. The zero-order valence-electron chi connectivity index (χ0n) is 16.0. The second kappa shape index (κ2) is 8.95. The van der Waals surface area contributed by atoms with Crippen LogP contribution in [0, 0.1) is 13.8 Å². The number of aryl methyl sites for hydroxylation is 2. The fraction of sp³-hybridized carbons (Fsp3) is 0.500. The highest BCUT2D eigenvalue weighted by atomic mass is 32.1. The van der Waals surface area contributed by atoms with Gasteiger partial charge >= 0.3 is 5.97 Å². The molecule has 0 fully saturated rings. The maximum Gasteiger partial charge on any atom is 0.341 e. The molecule has 0 aromatic carbocycles. The summed E-state index contributed by atoms with van der Waals surface area (Å²) in [5.41, 5.74) is 2.36. The minimum Gasteiger partial charge on any atom is -0.462 e. The topological polar surface area (TPSA) is 76.5 Å². The number of thiophene rings is 1. The molecule has 2 aromatic heterocycles. The van der Waals surface area contributed by atoms with Gasteiger partial charge < -0.3 is 10.1 Å². The highest BCUT2D eigenvalue weighted by Crippen LogP contribution is 2.33. The van der Waals surface area contributed by atoms with Gasteiger partial charge in [-0.2, -0.15) is 5.10 Å². The van der Waals surface area contributed by atoms with Gasteiger partial charge in [0.05, 0.1) is 24.9 Å². The Morgan fingerprint density at radius 3 is 2.69 bits per heavy atom. The monoisotopic (exact) mass is 378 g/mol. The molecule has 0 aliphatic carbocycles. The van der Waals surface area contributed by atoms with Gasteiger partial charge in [-0.3, -0.25) is 14.4 Å². The highest BCUT2D eigenvalue weighted by molar-refractivity contribution is 7.16. The number of carbonyl (C=O) groups is 2. The normalized spacial score (nSPS) is 11.0. The molecule has 0 spiro atoms. The number of aromatic nitrogens is 2. The summed E-state index contributed by atoms with van der Waals surface area (Å²) < 4.78 is 6.97. The van der Waals surface area contributed by atoms with E-state index in [2.05, 4.69) is 10.4 Å². The molecule has 0 atom stereocenters. The number of esters is 1. The number of likely N-dealkylation sites (N-methyl/N-ethyl adjacent to an activating group) is 1. The molecule has 0 saturated heterocycles. The molecule has 0 aliphatic heterocycles. The van der Waals surface area contributed by atoms with Crippen molar-refractivity contribution in [2.24, 2.45) is 0 Å². The van der Waals surface area contributed by atoms with Gasteiger partial charge in [-0.1, -0.05) is 0 Å². The quantitative estimate of drug-likeness (QED) is 0.715. The lowest BCUT2D eigenvalue weighted by Gasteiger charge is -2.15. The summed E-state index contributed by atoms with van der Waals surface area (Å²) in [5, 5.41) is 7.65. The fourth-order valence-electron chi connectivity index (χ4n) is 2.60. The number of hydrogen-bond acceptors (Lipinski definition) is 6. The Morgan fingerprint density at radius 1 is 1.35 bits per heavy atom. The van der Waals surface area contributed by atoms with Gasteiger partial charge in [-0.05, 0) is 40.3 Å². The second-order valence-corrected chi connectivity index (χ2v) is 7.36. The van der Waals surface area contributed by atoms with Gasteiger partial charge in [0, 0.05) is 29.7 Å². The van der Waals surface area contributed by atoms with Crippen molar-refractivity contribution in [1.29, 1.82) is 0 Å². The number of nitrogens with zero attached hydrogens (tertiary/aromatic N) is 3. The van der Waals surface area contributed by atoms with Crippen molar-refractivity contribution in [1.82, 2.24) is 14.7 Å². The minimum atomic E-state index is -0.398. The van der Waals surface area contributed by atoms with Crippen LogP contribution in [0.3, 0.4) is 0 Å². The first-order valence-corrected chi connectivity index (χ1v) is 9.44. The number of anilines is 1. The largest absolute Gasteiger partial charge is 0.462 e. The van der Waals surface area contributed by atoms with E-state index in [1.54, 1.807) is 6.92 Å². The summed E-state index contributed by atoms with van der Waals surface area (Å²) in [4.78, 5) is 27.5. The third kappa shape index (κ3) is 4.92. The smallest absolute Gasteiger partial charge is 0.341 e. The van der Waals surface area contributed by atoms with Crippen LogP contribution in [0.4, 0.5) is 5.00 Å². The van der Waals surface area contributed by atoms with Crippen molar-refractivity contribution in [3.63, 3.8) is 0 Å². The predicted octanol–water partition coefficient (Wildman–Crippen LogP) is 2.83. The Bertz CT molecular complexity index is 781. The van der Waals surface area contributed by atoms with Crippen LogP contribution in [-0.4, -0.2) is 46.8 Å². The lowest BCUT2D eigenvalue weighted by Crippen LogP contribution is -2.30. The zero-order chi connectivity index (χ0) is 19.3. The van der Waals surface area contributed by atoms with E-state index in [0.717, 1.165) is 22.5 Å². The molecule has 0 saturated carbocycles. The Hall–Kier alpha value is -2.19. The summed E-state index contributed by atoms with van der Waals surface area (Å²) in [5.74, 6) is -0.563. The van der Waals surface area contributed by atoms with E-state index in [-0.39, 0.29) is 12.5 Å². The van der Waals surface area contributed by atoms with E-state index in [1.807, 2.05) is 49.8 Å². The first-order chi connectivity index (χ1) is 12.3. The van der Waals surface area contributed by atoms with Gasteiger partial charge in [-0.25, -0.2) is 4.79 Å². The highest BCUT2D eigenvalue weighted by Gasteiger charge is 2.22. The number of carbonyl (C=O) groups excluding carboxylic acids is 2. The Balaban J connectivity index is 2.00. The van der Waals surface area contributed by atoms with Gasteiger partial charge in [0.25, 0.3) is 0 Å². The van der Waals surface area contributed by atoms with Crippen LogP contribution < -0.4 is 5.32 Å². The fourth-order valence-corrected chi connectivity index (χ4v) is 3.67. The maximum absolute atomic E-state index is 12.4. The van der Waals surface area contributed by atoms with Crippen LogP contribution in [0.25, 0.3) is 0 Å². The Kier molecular flexibility index (Phi) is 6.93. The van der Waals surface area contributed by atoms with E-state index in [0.29, 0.717) is 23.7 Å². The van der Waals surface area contributed by atoms with Gasteiger partial charge in [0.15, 0.2) is 0 Å². The van der Waals surface area contributed by atoms with Crippen molar-refractivity contribution < 1.29 is 14.3 Å². The van der Waals surface area contributed by atoms with E-state index in [1.165, 1.54) is 11.3 Å². The number of rotatable bonds is 8. The zero-order valence-corrected chi connectivity index (χ0v) is 16.8. The first-order valence-electron chi connectivity index (χ1n) is 8.62. The molecule has 2 rings (SSSR count). The second-order valence-electron chi connectivity index (χ2n) is 6.13. The van der Waals surface area contributed by atoms with Gasteiger partial charge in [0.2, 0.25) is 5.91 Å². The van der Waals surface area contributed by atoms with Crippen molar-refractivity contribution >= 4 is 28.2 Å². The van der Waals surface area contributed by atoms with Crippen LogP contribution >= 0.6 is 11.3 Å². The number of nitrogens with one attached hydrogen (secondary N) is 1. The molecule has 8 heteroatoms. The van der Waals surface area contributed by atoms with Crippen molar-refractivity contribution in [2.75, 3.05) is 25.5 Å². The average Bonchev–Trinajstić information content (AvgIpc) is 3.12. The molecule has 1 amide bonds. The average molecular weight is 378 g/mol. The number of hydrogen-bond donors (Lipinski definition) is 1. The minimum absolute atomic E-state index is 0.165. The van der Waals surface area contributed by atoms with Crippen LogP contribution in [0.1, 0.15) is 40.2 Å². The van der Waals surface area contributed by atoms with E-state index in [9.17, 15) is 9.59 Å². The molecule has 26 heavy (non-hydrogen) atoms. The first kappa shape index (κ1) is 20.1. The van der Waals surface area contributed by atoms with Crippen molar-refractivity contribution in [3.05, 3.63) is 34.0 Å². The third-order valence-electron chi connectivity index (χ3n) is 3.99. The van der Waals surface area contributed by atoms with Crippen LogP contribution in [0.15, 0.2) is 12.4 Å². The van der Waals surface area contributed by atoms with E-state index < -0.39 is 5.97 Å². The Morgan fingerprint density at radius 2 is 2.08 bits per heavy atom. The molecule has 7 nitrogen and oxygen atoms in total. The molecule has 0 unspecified atom stereocenters. The SMILES string of the molecule is CCOC(=O)c1c(NC(=O)CN(C)Cc2cnn(CC)c2)sc(C)c1C. The third-order valence-corrected chi connectivity index (χ3v) is 5.12. The van der Waals surface area contributed by atoms with Crippen molar-refractivity contribution in [2.45, 2.75) is 40.8 Å². The summed E-state index contributed by atoms with van der Waals surface area (Å²) >= 11 is 1.40. The summed E-state index contributed by atoms with van der Waals surface area (Å²) in [6, 6.07) is 0. The van der Waals surface area contributed by atoms with Gasteiger partial charge in [-0.15, -0.1) is 11.3 Å². The molecule has 0 bridgehead atoms. The molecule has 142 valence electrons. The molecule has 0 aliphatic rings. The van der Waals surface area contributed by atoms with Crippen LogP contribution in [-0.2, 0) is 22.6 Å². The maximum atomic E-state index is 12.4. The van der Waals surface area contributed by atoms with Crippen LogP contribution in [0.2, 0.25) is 0 Å². The van der Waals surface area contributed by atoms with Crippen molar-refractivity contribution in [3.8, 4) is 0 Å². The van der Waals surface area contributed by atoms with E-state index in [4.69, 9.17) is 4.74 Å². The molecule has 0 radical (unpaired) electrons. The molecule has 1 N–H and O–H groups in total.